The zero-order chi connectivity index (χ0) is 27.5. The number of carbonyl (C=O) groups excluding carboxylic acids is 2. The molecule has 3 rings (SSSR count). The van der Waals surface area contributed by atoms with Gasteiger partial charge in [0.2, 0.25) is 11.8 Å². The van der Waals surface area contributed by atoms with Gasteiger partial charge < -0.3 is 14.4 Å². The number of aromatic nitrogens is 1. The van der Waals surface area contributed by atoms with E-state index in [4.69, 9.17) is 0 Å². The Morgan fingerprint density at radius 3 is 2.39 bits per heavy atom. The van der Waals surface area contributed by atoms with Crippen LogP contribution in [0, 0.1) is 0 Å². The number of hydrogen-bond acceptors (Lipinski definition) is 2. The van der Waals surface area contributed by atoms with E-state index in [0.717, 1.165) is 36.2 Å². The molecular formula is C30H34F3N3O2. The highest BCUT2D eigenvalue weighted by Gasteiger charge is 2.30. The van der Waals surface area contributed by atoms with E-state index < -0.39 is 11.7 Å². The summed E-state index contributed by atoms with van der Waals surface area (Å²) in [5, 5.41) is 0. The van der Waals surface area contributed by atoms with Gasteiger partial charge in [-0.3, -0.25) is 9.59 Å². The number of hydrogen-bond donors (Lipinski definition) is 0. The van der Waals surface area contributed by atoms with Gasteiger partial charge in [-0.15, -0.1) is 0 Å². The molecule has 0 spiro atoms. The van der Waals surface area contributed by atoms with Crippen LogP contribution in [0.4, 0.5) is 13.2 Å². The highest BCUT2D eigenvalue weighted by Crippen LogP contribution is 2.29. The van der Waals surface area contributed by atoms with Crippen molar-refractivity contribution in [2.45, 2.75) is 46.0 Å². The minimum absolute atomic E-state index is 0.0491. The fraction of sp³-hybridized carbons (Fsp3) is 0.333. The van der Waals surface area contributed by atoms with Gasteiger partial charge in [0.15, 0.2) is 0 Å². The zero-order valence-electron chi connectivity index (χ0n) is 21.8. The van der Waals surface area contributed by atoms with Crippen LogP contribution in [0.5, 0.6) is 0 Å². The van der Waals surface area contributed by atoms with Crippen LogP contribution in [0.3, 0.4) is 0 Å². The topological polar surface area (TPSA) is 45.6 Å². The van der Waals surface area contributed by atoms with Crippen molar-refractivity contribution in [3.63, 3.8) is 0 Å². The van der Waals surface area contributed by atoms with Gasteiger partial charge >= 0.3 is 6.18 Å². The Morgan fingerprint density at radius 1 is 0.947 bits per heavy atom. The molecule has 202 valence electrons. The first-order chi connectivity index (χ1) is 18.2. The van der Waals surface area contributed by atoms with Crippen LogP contribution in [-0.2, 0) is 28.9 Å². The number of carbonyl (C=O) groups is 2. The fourth-order valence-corrected chi connectivity index (χ4v) is 4.07. The van der Waals surface area contributed by atoms with Crippen LogP contribution >= 0.6 is 0 Å². The summed E-state index contributed by atoms with van der Waals surface area (Å²) in [6, 6.07) is 18.4. The van der Waals surface area contributed by atoms with Crippen molar-refractivity contribution < 1.29 is 22.8 Å². The molecule has 0 saturated heterocycles. The van der Waals surface area contributed by atoms with Crippen molar-refractivity contribution in [3.8, 4) is 0 Å². The largest absolute Gasteiger partial charge is 0.416 e. The second kappa shape index (κ2) is 13.7. The maximum atomic E-state index is 13.3. The van der Waals surface area contributed by atoms with E-state index in [-0.39, 0.29) is 24.9 Å². The number of halogens is 3. The van der Waals surface area contributed by atoms with E-state index in [1.807, 2.05) is 60.9 Å². The van der Waals surface area contributed by atoms with Crippen molar-refractivity contribution in [2.24, 2.45) is 0 Å². The van der Waals surface area contributed by atoms with Crippen LogP contribution in [-0.4, -0.2) is 45.8 Å². The average Bonchev–Trinajstić information content (AvgIpc) is 3.34. The van der Waals surface area contributed by atoms with E-state index >= 15 is 0 Å². The molecule has 0 atom stereocenters. The smallest absolute Gasteiger partial charge is 0.345 e. The third-order valence-electron chi connectivity index (χ3n) is 6.26. The van der Waals surface area contributed by atoms with Crippen molar-refractivity contribution in [1.29, 1.82) is 0 Å². The van der Waals surface area contributed by atoms with Gasteiger partial charge in [-0.25, -0.2) is 0 Å². The molecule has 38 heavy (non-hydrogen) atoms. The molecule has 0 radical (unpaired) electrons. The Morgan fingerprint density at radius 2 is 1.71 bits per heavy atom. The monoisotopic (exact) mass is 525 g/mol. The Hall–Kier alpha value is -3.81. The summed E-state index contributed by atoms with van der Waals surface area (Å²) in [6.45, 7) is 5.29. The van der Waals surface area contributed by atoms with E-state index in [1.54, 1.807) is 23.2 Å². The lowest BCUT2D eigenvalue weighted by molar-refractivity contribution is -0.138. The number of nitrogens with zero attached hydrogens (tertiary/aromatic N) is 3. The van der Waals surface area contributed by atoms with Gasteiger partial charge in [-0.05, 0) is 54.8 Å². The number of likely N-dealkylation sites (N-methyl/N-ethyl adjacent to an activating group) is 1. The third-order valence-corrected chi connectivity index (χ3v) is 6.26. The standard InChI is InChI=1S/C30H34F3N3O2/c1-3-5-18-36(29(38)23-34(4-2)28(37)17-16-24-11-7-6-8-12-24)22-27-15-10-19-35(27)21-25-13-9-14-26(20-25)30(31,32)33/h6-17,19-20H,3-5,18,21-23H2,1-2H3/b17-16+. The van der Waals surface area contributed by atoms with Crippen molar-refractivity contribution >= 4 is 17.9 Å². The fourth-order valence-electron chi connectivity index (χ4n) is 4.07. The van der Waals surface area contributed by atoms with Gasteiger partial charge in [0.1, 0.15) is 6.54 Å². The van der Waals surface area contributed by atoms with Gasteiger partial charge in [0.05, 0.1) is 12.1 Å². The Labute approximate surface area is 222 Å². The van der Waals surface area contributed by atoms with Crippen molar-refractivity contribution in [1.82, 2.24) is 14.4 Å². The van der Waals surface area contributed by atoms with Gasteiger partial charge in [-0.2, -0.15) is 13.2 Å². The van der Waals surface area contributed by atoms with Crippen LogP contribution in [0.15, 0.2) is 79.0 Å². The summed E-state index contributed by atoms with van der Waals surface area (Å²) < 4.78 is 41.3. The first-order valence-electron chi connectivity index (χ1n) is 12.8. The van der Waals surface area contributed by atoms with E-state index in [0.29, 0.717) is 25.2 Å². The van der Waals surface area contributed by atoms with Crippen LogP contribution < -0.4 is 0 Å². The molecule has 0 N–H and O–H groups in total. The molecule has 0 bridgehead atoms. The molecule has 5 nitrogen and oxygen atoms in total. The number of amides is 2. The lowest BCUT2D eigenvalue weighted by Gasteiger charge is -2.27. The van der Waals surface area contributed by atoms with E-state index in [1.165, 1.54) is 17.0 Å². The van der Waals surface area contributed by atoms with Gasteiger partial charge in [-0.1, -0.05) is 55.8 Å². The summed E-state index contributed by atoms with van der Waals surface area (Å²) in [5.41, 5.74) is 1.55. The lowest BCUT2D eigenvalue weighted by Crippen LogP contribution is -2.42. The normalized spacial score (nSPS) is 11.6. The SMILES string of the molecule is CCCCN(Cc1cccn1Cc1cccc(C(F)(F)F)c1)C(=O)CN(CC)C(=O)/C=C/c1ccccc1. The molecule has 0 aliphatic carbocycles. The van der Waals surface area contributed by atoms with Crippen LogP contribution in [0.2, 0.25) is 0 Å². The molecule has 2 aromatic carbocycles. The maximum absolute atomic E-state index is 13.3. The summed E-state index contributed by atoms with van der Waals surface area (Å²) >= 11 is 0. The number of unbranched alkanes of at least 4 members (excludes halogenated alkanes) is 1. The van der Waals surface area contributed by atoms with Crippen molar-refractivity contribution in [3.05, 3.63) is 101 Å². The number of rotatable bonds is 12. The number of alkyl halides is 3. The third kappa shape index (κ3) is 8.36. The molecule has 1 heterocycles. The minimum Gasteiger partial charge on any atom is -0.345 e. The summed E-state index contributed by atoms with van der Waals surface area (Å²) in [5.74, 6) is -0.415. The highest BCUT2D eigenvalue weighted by atomic mass is 19.4. The zero-order valence-corrected chi connectivity index (χ0v) is 21.8. The second-order valence-electron chi connectivity index (χ2n) is 9.09. The first-order valence-corrected chi connectivity index (χ1v) is 12.8. The summed E-state index contributed by atoms with van der Waals surface area (Å²) in [4.78, 5) is 29.3. The molecule has 3 aromatic rings. The highest BCUT2D eigenvalue weighted by molar-refractivity contribution is 5.94. The Balaban J connectivity index is 1.71. The van der Waals surface area contributed by atoms with Crippen LogP contribution in [0.1, 0.15) is 49.1 Å². The molecule has 2 amide bonds. The van der Waals surface area contributed by atoms with Crippen molar-refractivity contribution in [2.75, 3.05) is 19.6 Å². The van der Waals surface area contributed by atoms with Crippen LogP contribution in [0.25, 0.3) is 6.08 Å². The molecule has 0 aliphatic heterocycles. The quantitative estimate of drug-likeness (QED) is 0.263. The van der Waals surface area contributed by atoms with E-state index in [9.17, 15) is 22.8 Å². The molecule has 8 heteroatoms. The maximum Gasteiger partial charge on any atom is 0.416 e. The molecule has 1 aromatic heterocycles. The minimum atomic E-state index is -4.40. The first kappa shape index (κ1) is 28.8. The summed E-state index contributed by atoms with van der Waals surface area (Å²) in [6.07, 6.45) is 2.29. The molecule has 0 unspecified atom stereocenters. The summed E-state index contributed by atoms with van der Waals surface area (Å²) in [7, 11) is 0. The predicted molar refractivity (Wildman–Crippen MR) is 143 cm³/mol. The average molecular weight is 526 g/mol. The van der Waals surface area contributed by atoms with Gasteiger partial charge in [0.25, 0.3) is 0 Å². The molecule has 0 saturated carbocycles. The van der Waals surface area contributed by atoms with Gasteiger partial charge in [0, 0.05) is 37.6 Å². The molecular weight excluding hydrogens is 491 g/mol. The Kier molecular flexibility index (Phi) is 10.3. The predicted octanol–water partition coefficient (Wildman–Crippen LogP) is 6.25. The lowest BCUT2D eigenvalue weighted by atomic mass is 10.1. The molecule has 0 aliphatic rings. The number of benzene rings is 2. The van der Waals surface area contributed by atoms with E-state index in [2.05, 4.69) is 0 Å². The Bertz CT molecular complexity index is 1220. The molecule has 0 fully saturated rings. The second-order valence-corrected chi connectivity index (χ2v) is 9.09.